The third kappa shape index (κ3) is 7.39. The minimum atomic E-state index is -4.61. The molecule has 13 nitrogen and oxygen atoms in total. The summed E-state index contributed by atoms with van der Waals surface area (Å²) in [5.74, 6) is -1.02. The fraction of sp³-hybridized carbons (Fsp3) is 0.375. The Bertz CT molecular complexity index is 1940. The Balaban J connectivity index is 1.51. The highest BCUT2D eigenvalue weighted by molar-refractivity contribution is 6.44. The Morgan fingerprint density at radius 2 is 1.96 bits per heavy atom. The van der Waals surface area contributed by atoms with Crippen LogP contribution in [0.25, 0.3) is 11.4 Å². The molecule has 0 saturated carbocycles. The first-order valence-electron chi connectivity index (χ1n) is 15.4. The highest BCUT2D eigenvalue weighted by atomic mass is 35.5. The van der Waals surface area contributed by atoms with Crippen LogP contribution < -0.4 is 15.8 Å². The van der Waals surface area contributed by atoms with Crippen LogP contribution in [0.5, 0.6) is 0 Å². The van der Waals surface area contributed by atoms with Crippen LogP contribution in [0.2, 0.25) is 5.02 Å². The standard InChI is InChI=1S/C32H34ClF3N8O5/c1-4-6-24(45)26(37-3)29(47)42-13-11-41(12-14-42)27-23(5-2)43(18-25(46)38-22-8-7-20(17-21(22)33)32(34,35)36)31-39-28(40-44(31)30(27)48)19-9-15-49-16-10-19/h4,6-9,17,45H,1,5,10-16,18H2,2-3H3,(H,38,46)/b24-6+,37-26+. The number of fused-ring (bicyclic) bond motifs is 1. The lowest BCUT2D eigenvalue weighted by Gasteiger charge is -2.36. The van der Waals surface area contributed by atoms with Gasteiger partial charge in [-0.2, -0.15) is 22.7 Å². The van der Waals surface area contributed by atoms with Crippen LogP contribution in [0.3, 0.4) is 0 Å². The predicted molar refractivity (Wildman–Crippen MR) is 178 cm³/mol. The van der Waals surface area contributed by atoms with Crippen LogP contribution in [0.4, 0.5) is 24.5 Å². The average molecular weight is 703 g/mol. The molecule has 0 radical (unpaired) electrons. The number of nitrogens with one attached hydrogen (secondary N) is 1. The molecule has 3 aromatic rings. The van der Waals surface area contributed by atoms with Crippen molar-refractivity contribution in [2.24, 2.45) is 4.99 Å². The number of nitrogens with zero attached hydrogens (tertiary/aromatic N) is 7. The summed E-state index contributed by atoms with van der Waals surface area (Å²) in [6.45, 7) is 6.63. The molecule has 1 aromatic carbocycles. The van der Waals surface area contributed by atoms with Gasteiger partial charge < -0.3 is 29.5 Å². The van der Waals surface area contributed by atoms with E-state index in [9.17, 15) is 32.7 Å². The van der Waals surface area contributed by atoms with Crippen LogP contribution in [0, 0.1) is 0 Å². The number of aromatic nitrogens is 4. The van der Waals surface area contributed by atoms with Gasteiger partial charge in [0, 0.05) is 33.2 Å². The monoisotopic (exact) mass is 702 g/mol. The zero-order valence-electron chi connectivity index (χ0n) is 26.8. The average Bonchev–Trinajstić information content (AvgIpc) is 3.53. The predicted octanol–water partition coefficient (Wildman–Crippen LogP) is 3.92. The minimum Gasteiger partial charge on any atom is -0.505 e. The Hall–Kier alpha value is -4.96. The fourth-order valence-electron chi connectivity index (χ4n) is 5.71. The Morgan fingerprint density at radius 1 is 1.22 bits per heavy atom. The summed E-state index contributed by atoms with van der Waals surface area (Å²) in [5, 5.41) is 17.0. The van der Waals surface area contributed by atoms with E-state index in [1.165, 1.54) is 24.1 Å². The van der Waals surface area contributed by atoms with Gasteiger partial charge in [-0.25, -0.2) is 0 Å². The van der Waals surface area contributed by atoms with Crippen LogP contribution in [-0.4, -0.2) is 93.1 Å². The van der Waals surface area contributed by atoms with E-state index in [0.717, 1.165) is 28.3 Å². The molecule has 2 N–H and O–H groups in total. The SMILES string of the molecule is C=C/C=C(O)\C(=N/C)C(=O)N1CCN(c2c(CC)n(CC(=O)Nc3ccc(C(F)(F)F)cc3Cl)c3nc(C4=CCOCC4)nn3c2=O)CC1. The number of allylic oxidation sites excluding steroid dienone is 2. The summed E-state index contributed by atoms with van der Waals surface area (Å²) in [7, 11) is 1.40. The number of hydrogen-bond acceptors (Lipinski definition) is 9. The van der Waals surface area contributed by atoms with E-state index in [1.54, 1.807) is 4.57 Å². The van der Waals surface area contributed by atoms with Crippen LogP contribution in [-0.2, 0) is 33.5 Å². The number of piperazine rings is 1. The smallest absolute Gasteiger partial charge is 0.416 e. The number of anilines is 2. The molecule has 0 spiro atoms. The zero-order chi connectivity index (χ0) is 35.5. The summed E-state index contributed by atoms with van der Waals surface area (Å²) in [5.41, 5.74) is -0.0678. The Morgan fingerprint density at radius 3 is 2.55 bits per heavy atom. The lowest BCUT2D eigenvalue weighted by molar-refractivity contribution is -0.137. The van der Waals surface area contributed by atoms with E-state index < -0.39 is 29.1 Å². The van der Waals surface area contributed by atoms with Crippen molar-refractivity contribution < 1.29 is 32.6 Å². The van der Waals surface area contributed by atoms with Crippen LogP contribution in [0.1, 0.15) is 30.4 Å². The second kappa shape index (κ2) is 14.7. The van der Waals surface area contributed by atoms with Gasteiger partial charge in [-0.1, -0.05) is 37.3 Å². The lowest BCUT2D eigenvalue weighted by Crippen LogP contribution is -2.52. The van der Waals surface area contributed by atoms with Gasteiger partial charge in [-0.15, -0.1) is 5.10 Å². The number of aliphatic imine (C=N–C) groups is 1. The summed E-state index contributed by atoms with van der Waals surface area (Å²) >= 11 is 6.10. The highest BCUT2D eigenvalue weighted by Gasteiger charge is 2.32. The van der Waals surface area contributed by atoms with E-state index in [0.29, 0.717) is 37.6 Å². The molecule has 4 heterocycles. The number of rotatable bonds is 9. The molecule has 0 atom stereocenters. The summed E-state index contributed by atoms with van der Waals surface area (Å²) in [6.07, 6.45) is 0.626. The molecule has 1 saturated heterocycles. The van der Waals surface area contributed by atoms with E-state index >= 15 is 0 Å². The van der Waals surface area contributed by atoms with Crippen LogP contribution >= 0.6 is 11.6 Å². The van der Waals surface area contributed by atoms with E-state index in [4.69, 9.17) is 16.3 Å². The number of alkyl halides is 3. The molecular weight excluding hydrogens is 669 g/mol. The number of benzene rings is 1. The van der Waals surface area contributed by atoms with Gasteiger partial charge in [0.2, 0.25) is 11.7 Å². The summed E-state index contributed by atoms with van der Waals surface area (Å²) < 4.78 is 47.6. The molecular formula is C32H34ClF3N8O5. The number of aliphatic hydroxyl groups is 1. The van der Waals surface area contributed by atoms with Gasteiger partial charge in [-0.05, 0) is 42.7 Å². The number of hydrogen-bond donors (Lipinski definition) is 2. The topological polar surface area (TPSA) is 147 Å². The summed E-state index contributed by atoms with van der Waals surface area (Å²) in [6, 6.07) is 2.62. The van der Waals surface area contributed by atoms with Crippen molar-refractivity contribution in [2.75, 3.05) is 56.7 Å². The Labute approximate surface area is 283 Å². The number of carbonyl (C=O) groups is 2. The van der Waals surface area contributed by atoms with Gasteiger partial charge in [0.15, 0.2) is 11.5 Å². The molecule has 0 aliphatic carbocycles. The van der Waals surface area contributed by atoms with Crippen LogP contribution in [0.15, 0.2) is 58.6 Å². The number of amides is 2. The molecule has 49 heavy (non-hydrogen) atoms. The van der Waals surface area contributed by atoms with E-state index in [2.05, 4.69) is 27.0 Å². The maximum absolute atomic E-state index is 14.1. The Kier molecular flexibility index (Phi) is 10.6. The molecule has 260 valence electrons. The maximum atomic E-state index is 14.1. The fourth-order valence-corrected chi connectivity index (χ4v) is 5.94. The number of ether oxygens (including phenoxy) is 1. The zero-order valence-corrected chi connectivity index (χ0v) is 27.5. The quantitative estimate of drug-likeness (QED) is 0.194. The molecule has 2 aliphatic heterocycles. The first-order chi connectivity index (χ1) is 23.4. The van der Waals surface area contributed by atoms with Gasteiger partial charge >= 0.3 is 6.18 Å². The second-order valence-electron chi connectivity index (χ2n) is 11.1. The van der Waals surface area contributed by atoms with Gasteiger partial charge in [0.25, 0.3) is 11.5 Å². The van der Waals surface area contributed by atoms with Crippen molar-refractivity contribution in [3.8, 4) is 0 Å². The number of carbonyl (C=O) groups excluding carboxylic acids is 2. The van der Waals surface area contributed by atoms with Crippen molar-refractivity contribution in [1.82, 2.24) is 24.1 Å². The molecule has 2 amide bonds. The largest absolute Gasteiger partial charge is 0.505 e. The molecule has 0 unspecified atom stereocenters. The van der Waals surface area contributed by atoms with Crippen molar-refractivity contribution in [3.05, 3.63) is 81.2 Å². The highest BCUT2D eigenvalue weighted by Crippen LogP contribution is 2.34. The normalized spacial score (nSPS) is 16.2. The van der Waals surface area contributed by atoms with Gasteiger partial charge in [-0.3, -0.25) is 19.4 Å². The molecule has 5 rings (SSSR count). The third-order valence-electron chi connectivity index (χ3n) is 8.11. The van der Waals surface area contributed by atoms with Crippen molar-refractivity contribution in [1.29, 1.82) is 0 Å². The summed E-state index contributed by atoms with van der Waals surface area (Å²) in [4.78, 5) is 52.6. The number of aliphatic hydroxyl groups excluding tert-OH is 1. The molecule has 2 aromatic heterocycles. The first-order valence-corrected chi connectivity index (χ1v) is 15.7. The van der Waals surface area contributed by atoms with Crippen molar-refractivity contribution in [3.63, 3.8) is 0 Å². The molecule has 17 heteroatoms. The third-order valence-corrected chi connectivity index (χ3v) is 8.42. The molecule has 1 fully saturated rings. The maximum Gasteiger partial charge on any atom is 0.416 e. The lowest BCUT2D eigenvalue weighted by atomic mass is 10.1. The van der Waals surface area contributed by atoms with Crippen molar-refractivity contribution >= 4 is 51.9 Å². The molecule has 2 aliphatic rings. The minimum absolute atomic E-state index is 0.0192. The van der Waals surface area contributed by atoms with E-state index in [-0.39, 0.29) is 66.4 Å². The van der Waals surface area contributed by atoms with Gasteiger partial charge in [0.05, 0.1) is 35.2 Å². The molecule has 0 bridgehead atoms. The first kappa shape index (κ1) is 35.3. The van der Waals surface area contributed by atoms with E-state index in [1.807, 2.05) is 17.9 Å². The number of halogens is 4. The van der Waals surface area contributed by atoms with Gasteiger partial charge in [0.1, 0.15) is 18.0 Å². The van der Waals surface area contributed by atoms with Crippen molar-refractivity contribution in [2.45, 2.75) is 32.5 Å². The second-order valence-corrected chi connectivity index (χ2v) is 11.5.